The number of hydrogen-bond donors (Lipinski definition) is 1. The van der Waals surface area contributed by atoms with E-state index in [9.17, 15) is 18.0 Å². The van der Waals surface area contributed by atoms with Gasteiger partial charge in [-0.15, -0.1) is 0 Å². The van der Waals surface area contributed by atoms with E-state index in [1.54, 1.807) is 24.3 Å². The summed E-state index contributed by atoms with van der Waals surface area (Å²) in [5, 5.41) is 3.41. The minimum atomic E-state index is -3.87. The van der Waals surface area contributed by atoms with Crippen LogP contribution in [-0.2, 0) is 32.6 Å². The van der Waals surface area contributed by atoms with Gasteiger partial charge in [-0.05, 0) is 36.1 Å². The minimum absolute atomic E-state index is 0.0591. The first-order chi connectivity index (χ1) is 19.2. The molecule has 1 aliphatic rings. The Kier molecular flexibility index (Phi) is 10.2. The molecular weight excluding hydrogens is 546 g/mol. The number of halogens is 1. The summed E-state index contributed by atoms with van der Waals surface area (Å²) in [6.45, 7) is -0.340. The predicted molar refractivity (Wildman–Crippen MR) is 160 cm³/mol. The van der Waals surface area contributed by atoms with Crippen LogP contribution in [0.3, 0.4) is 0 Å². The van der Waals surface area contributed by atoms with E-state index in [2.05, 4.69) is 5.32 Å². The van der Waals surface area contributed by atoms with Gasteiger partial charge in [0.05, 0.1) is 17.0 Å². The lowest BCUT2D eigenvalue weighted by molar-refractivity contribution is -0.140. The fraction of sp³-hybridized carbons (Fsp3) is 0.355. The number of amides is 2. The van der Waals surface area contributed by atoms with Crippen molar-refractivity contribution in [1.82, 2.24) is 10.2 Å². The van der Waals surface area contributed by atoms with E-state index in [0.29, 0.717) is 6.42 Å². The van der Waals surface area contributed by atoms with Crippen LogP contribution in [-0.4, -0.2) is 50.0 Å². The molecule has 4 rings (SSSR count). The van der Waals surface area contributed by atoms with Gasteiger partial charge in [0.25, 0.3) is 0 Å². The van der Waals surface area contributed by atoms with Crippen LogP contribution in [0.5, 0.6) is 0 Å². The molecule has 1 aliphatic carbocycles. The van der Waals surface area contributed by atoms with Gasteiger partial charge in [0.1, 0.15) is 12.6 Å². The fourth-order valence-corrected chi connectivity index (χ4v) is 6.28. The molecule has 1 saturated carbocycles. The Balaban J connectivity index is 1.71. The van der Waals surface area contributed by atoms with Gasteiger partial charge in [-0.2, -0.15) is 0 Å². The van der Waals surface area contributed by atoms with Gasteiger partial charge in [-0.1, -0.05) is 104 Å². The Labute approximate surface area is 242 Å². The lowest BCUT2D eigenvalue weighted by Gasteiger charge is -2.35. The van der Waals surface area contributed by atoms with E-state index >= 15 is 0 Å². The first kappa shape index (κ1) is 29.6. The minimum Gasteiger partial charge on any atom is -0.352 e. The van der Waals surface area contributed by atoms with Crippen molar-refractivity contribution in [2.45, 2.75) is 57.2 Å². The van der Waals surface area contributed by atoms with E-state index in [1.165, 1.54) is 4.90 Å². The lowest BCUT2D eigenvalue weighted by atomic mass is 9.94. The van der Waals surface area contributed by atoms with Crippen LogP contribution in [0.1, 0.15) is 43.2 Å². The second kappa shape index (κ2) is 13.8. The Morgan fingerprint density at radius 2 is 1.45 bits per heavy atom. The third kappa shape index (κ3) is 8.08. The Morgan fingerprint density at radius 3 is 2.05 bits per heavy atom. The number of carbonyl (C=O) groups is 2. The van der Waals surface area contributed by atoms with Gasteiger partial charge in [0.15, 0.2) is 0 Å². The molecule has 3 aromatic carbocycles. The summed E-state index contributed by atoms with van der Waals surface area (Å²) in [4.78, 5) is 29.5. The van der Waals surface area contributed by atoms with E-state index in [-0.39, 0.29) is 29.2 Å². The Bertz CT molecular complexity index is 1380. The molecule has 0 unspecified atom stereocenters. The van der Waals surface area contributed by atoms with Crippen molar-refractivity contribution in [3.8, 4) is 0 Å². The molecule has 0 aliphatic heterocycles. The quantitative estimate of drug-likeness (QED) is 0.337. The van der Waals surface area contributed by atoms with Gasteiger partial charge < -0.3 is 10.2 Å². The van der Waals surface area contributed by atoms with E-state index in [1.807, 2.05) is 60.7 Å². The number of sulfonamides is 1. The molecule has 40 heavy (non-hydrogen) atoms. The average Bonchev–Trinajstić information content (AvgIpc) is 2.95. The van der Waals surface area contributed by atoms with Crippen LogP contribution in [0, 0.1) is 0 Å². The van der Waals surface area contributed by atoms with E-state index < -0.39 is 28.5 Å². The number of hydrogen-bond acceptors (Lipinski definition) is 4. The molecule has 9 heteroatoms. The van der Waals surface area contributed by atoms with E-state index in [4.69, 9.17) is 11.6 Å². The molecule has 0 radical (unpaired) electrons. The maximum absolute atomic E-state index is 14.1. The normalized spacial score (nSPS) is 14.8. The molecule has 3 aromatic rings. The first-order valence-corrected chi connectivity index (χ1v) is 15.8. The standard InChI is InChI=1S/C31H36ClN3O4S/c1-40(38,39)35(28-20-12-11-19-27(28)32)23-30(36)34(22-25-15-7-3-8-16-25)29(21-24-13-5-2-6-14-24)31(37)33-26-17-9-4-10-18-26/h2-3,5-8,11-16,19-20,26,29H,4,9-10,17-18,21-23H2,1H3,(H,33,37)/t29-/m1/s1. The smallest absolute Gasteiger partial charge is 0.244 e. The molecule has 0 spiro atoms. The molecule has 0 aromatic heterocycles. The summed E-state index contributed by atoms with van der Waals surface area (Å²) in [5.74, 6) is -0.724. The third-order valence-corrected chi connectivity index (χ3v) is 8.66. The van der Waals surface area contributed by atoms with Crippen molar-refractivity contribution >= 4 is 39.1 Å². The summed E-state index contributed by atoms with van der Waals surface area (Å²) in [5.41, 5.74) is 1.96. The molecule has 7 nitrogen and oxygen atoms in total. The second-order valence-electron chi connectivity index (χ2n) is 10.3. The number of para-hydroxylation sites is 1. The number of rotatable bonds is 11. The zero-order chi connectivity index (χ0) is 28.5. The summed E-state index contributed by atoms with van der Waals surface area (Å²) in [7, 11) is -3.87. The van der Waals surface area contributed by atoms with Gasteiger partial charge in [-0.3, -0.25) is 13.9 Å². The summed E-state index contributed by atoms with van der Waals surface area (Å²) >= 11 is 6.35. The predicted octanol–water partition coefficient (Wildman–Crippen LogP) is 5.20. The molecule has 0 saturated heterocycles. The van der Waals surface area contributed by atoms with Crippen LogP contribution in [0.15, 0.2) is 84.9 Å². The van der Waals surface area contributed by atoms with E-state index in [0.717, 1.165) is 53.8 Å². The zero-order valence-corrected chi connectivity index (χ0v) is 24.3. The highest BCUT2D eigenvalue weighted by molar-refractivity contribution is 7.92. The zero-order valence-electron chi connectivity index (χ0n) is 22.7. The van der Waals surface area contributed by atoms with Crippen molar-refractivity contribution < 1.29 is 18.0 Å². The van der Waals surface area contributed by atoms with Crippen LogP contribution in [0.25, 0.3) is 0 Å². The SMILES string of the molecule is CS(=O)(=O)N(CC(=O)N(Cc1ccccc1)[C@H](Cc1ccccc1)C(=O)NC1CCCCC1)c1ccccc1Cl. The van der Waals surface area contributed by atoms with Crippen LogP contribution < -0.4 is 9.62 Å². The van der Waals surface area contributed by atoms with Crippen molar-refractivity contribution in [1.29, 1.82) is 0 Å². The van der Waals surface area contributed by atoms with Crippen molar-refractivity contribution in [3.63, 3.8) is 0 Å². The molecular formula is C31H36ClN3O4S. The molecule has 1 fully saturated rings. The lowest BCUT2D eigenvalue weighted by Crippen LogP contribution is -2.55. The monoisotopic (exact) mass is 581 g/mol. The maximum Gasteiger partial charge on any atom is 0.244 e. The van der Waals surface area contributed by atoms with Crippen LogP contribution in [0.4, 0.5) is 5.69 Å². The summed E-state index contributed by atoms with van der Waals surface area (Å²) in [6, 6.07) is 24.7. The van der Waals surface area contributed by atoms with Gasteiger partial charge in [0, 0.05) is 19.0 Å². The average molecular weight is 582 g/mol. The highest BCUT2D eigenvalue weighted by Crippen LogP contribution is 2.28. The second-order valence-corrected chi connectivity index (χ2v) is 12.6. The van der Waals surface area contributed by atoms with Crippen molar-refractivity contribution in [2.24, 2.45) is 0 Å². The van der Waals surface area contributed by atoms with Crippen LogP contribution >= 0.6 is 11.6 Å². The highest BCUT2D eigenvalue weighted by atomic mass is 35.5. The Hall–Kier alpha value is -3.36. The third-order valence-electron chi connectivity index (χ3n) is 7.22. The van der Waals surface area contributed by atoms with Crippen LogP contribution in [0.2, 0.25) is 5.02 Å². The number of benzene rings is 3. The number of carbonyl (C=O) groups excluding carboxylic acids is 2. The molecule has 212 valence electrons. The topological polar surface area (TPSA) is 86.8 Å². The van der Waals surface area contributed by atoms with Gasteiger partial charge in [0.2, 0.25) is 21.8 Å². The molecule has 2 amide bonds. The molecule has 0 bridgehead atoms. The van der Waals surface area contributed by atoms with Crippen molar-refractivity contribution in [3.05, 3.63) is 101 Å². The summed E-state index contributed by atoms with van der Waals surface area (Å²) < 4.78 is 26.8. The van der Waals surface area contributed by atoms with Crippen molar-refractivity contribution in [2.75, 3.05) is 17.1 Å². The summed E-state index contributed by atoms with van der Waals surface area (Å²) in [6.07, 6.45) is 6.42. The Morgan fingerprint density at radius 1 is 0.875 bits per heavy atom. The largest absolute Gasteiger partial charge is 0.352 e. The number of nitrogens with one attached hydrogen (secondary N) is 1. The first-order valence-electron chi connectivity index (χ1n) is 13.6. The highest BCUT2D eigenvalue weighted by Gasteiger charge is 2.34. The number of anilines is 1. The molecule has 1 atom stereocenters. The van der Waals surface area contributed by atoms with Gasteiger partial charge >= 0.3 is 0 Å². The maximum atomic E-state index is 14.1. The number of nitrogens with zero attached hydrogens (tertiary/aromatic N) is 2. The molecule has 1 N–H and O–H groups in total. The fourth-order valence-electron chi connectivity index (χ4n) is 5.13. The van der Waals surface area contributed by atoms with Gasteiger partial charge in [-0.25, -0.2) is 8.42 Å². The molecule has 0 heterocycles.